The number of ether oxygens (including phenoxy) is 2. The number of halogens is 3. The van der Waals surface area contributed by atoms with Gasteiger partial charge in [0.05, 0.1) is 22.5 Å². The van der Waals surface area contributed by atoms with Gasteiger partial charge in [0, 0.05) is 18.5 Å². The molecule has 2 aromatic rings. The van der Waals surface area contributed by atoms with Crippen molar-refractivity contribution >= 4 is 15.7 Å². The van der Waals surface area contributed by atoms with Gasteiger partial charge in [-0.1, -0.05) is 6.92 Å². The number of pyridine rings is 1. The lowest BCUT2D eigenvalue weighted by Crippen LogP contribution is -2.40. The predicted molar refractivity (Wildman–Crippen MR) is 99.5 cm³/mol. The summed E-state index contributed by atoms with van der Waals surface area (Å²) in [4.78, 5) is 4.06. The van der Waals surface area contributed by atoms with Gasteiger partial charge in [-0.25, -0.2) is 8.42 Å². The summed E-state index contributed by atoms with van der Waals surface area (Å²) in [6.07, 6.45) is -1.80. The number of alkyl halides is 3. The first kappa shape index (κ1) is 21.2. The van der Waals surface area contributed by atoms with Crippen LogP contribution in [-0.2, 0) is 16.4 Å². The summed E-state index contributed by atoms with van der Waals surface area (Å²) in [6, 6.07) is 5.59. The highest BCUT2D eigenvalue weighted by Gasteiger charge is 2.31. The molecule has 0 amide bonds. The van der Waals surface area contributed by atoms with E-state index >= 15 is 0 Å². The molecule has 1 aliphatic heterocycles. The summed E-state index contributed by atoms with van der Waals surface area (Å²) < 4.78 is 73.4. The van der Waals surface area contributed by atoms with Gasteiger partial charge in [-0.3, -0.25) is 9.71 Å². The van der Waals surface area contributed by atoms with Gasteiger partial charge < -0.3 is 14.8 Å². The standard InChI is InChI=1S/C18H20F3N3O4S/c1-2-7-22-13-8-16-17(27-11-13)9-12(10-23-16)24-29(25,26)15-5-3-14(4-6-15)28-18(19,20)21/h3-6,9-10,13,22,24H,2,7-8,11H2,1H3. The van der Waals surface area contributed by atoms with E-state index in [0.29, 0.717) is 18.8 Å². The van der Waals surface area contributed by atoms with Crippen LogP contribution in [0.2, 0.25) is 0 Å². The molecule has 3 rings (SSSR count). The number of sulfonamides is 1. The molecule has 0 radical (unpaired) electrons. The molecule has 2 heterocycles. The van der Waals surface area contributed by atoms with Crippen molar-refractivity contribution in [2.24, 2.45) is 0 Å². The molecule has 7 nitrogen and oxygen atoms in total. The van der Waals surface area contributed by atoms with Crippen molar-refractivity contribution in [3.63, 3.8) is 0 Å². The lowest BCUT2D eigenvalue weighted by molar-refractivity contribution is -0.274. The fourth-order valence-electron chi connectivity index (χ4n) is 2.80. The highest BCUT2D eigenvalue weighted by atomic mass is 32.2. The van der Waals surface area contributed by atoms with Crippen LogP contribution in [0.3, 0.4) is 0 Å². The van der Waals surface area contributed by atoms with Crippen molar-refractivity contribution in [2.75, 3.05) is 17.9 Å². The molecular weight excluding hydrogens is 411 g/mol. The van der Waals surface area contributed by atoms with E-state index in [1.165, 1.54) is 12.3 Å². The third-order valence-electron chi connectivity index (χ3n) is 4.11. The highest BCUT2D eigenvalue weighted by Crippen LogP contribution is 2.28. The SMILES string of the molecule is CCCNC1COc2cc(NS(=O)(=O)c3ccc(OC(F)(F)F)cc3)cnc2C1. The lowest BCUT2D eigenvalue weighted by Gasteiger charge is -2.25. The van der Waals surface area contributed by atoms with Crippen LogP contribution in [0.4, 0.5) is 18.9 Å². The Morgan fingerprint density at radius 2 is 2.00 bits per heavy atom. The van der Waals surface area contributed by atoms with Gasteiger partial charge >= 0.3 is 6.36 Å². The first-order valence-corrected chi connectivity index (χ1v) is 10.4. The summed E-state index contributed by atoms with van der Waals surface area (Å²) in [5, 5.41) is 3.35. The van der Waals surface area contributed by atoms with Gasteiger partial charge in [0.25, 0.3) is 10.0 Å². The molecule has 1 aliphatic rings. The quantitative estimate of drug-likeness (QED) is 0.700. The van der Waals surface area contributed by atoms with Crippen molar-refractivity contribution < 1.29 is 31.1 Å². The van der Waals surface area contributed by atoms with Crippen LogP contribution in [0.1, 0.15) is 19.0 Å². The molecule has 29 heavy (non-hydrogen) atoms. The van der Waals surface area contributed by atoms with E-state index < -0.39 is 22.1 Å². The van der Waals surface area contributed by atoms with E-state index in [9.17, 15) is 21.6 Å². The summed E-state index contributed by atoms with van der Waals surface area (Å²) in [5.74, 6) is -0.0137. The molecule has 0 saturated heterocycles. The number of rotatable bonds is 7. The number of benzene rings is 1. The maximum atomic E-state index is 12.5. The second-order valence-electron chi connectivity index (χ2n) is 6.46. The summed E-state index contributed by atoms with van der Waals surface area (Å²) in [6.45, 7) is 3.39. The molecule has 158 valence electrons. The molecule has 1 unspecified atom stereocenters. The average molecular weight is 431 g/mol. The van der Waals surface area contributed by atoms with Gasteiger partial charge in [-0.15, -0.1) is 13.2 Å². The first-order chi connectivity index (χ1) is 13.7. The Labute approximate surface area is 166 Å². The topological polar surface area (TPSA) is 89.6 Å². The molecular formula is C18H20F3N3O4S. The molecule has 1 aromatic carbocycles. The Kier molecular flexibility index (Phi) is 6.18. The zero-order valence-corrected chi connectivity index (χ0v) is 16.3. The Morgan fingerprint density at radius 3 is 2.66 bits per heavy atom. The Hall–Kier alpha value is -2.53. The largest absolute Gasteiger partial charge is 0.573 e. The minimum absolute atomic E-state index is 0.148. The average Bonchev–Trinajstić information content (AvgIpc) is 2.65. The molecule has 0 saturated carbocycles. The zero-order chi connectivity index (χ0) is 21.1. The van der Waals surface area contributed by atoms with E-state index in [-0.39, 0.29) is 16.6 Å². The van der Waals surface area contributed by atoms with Crippen LogP contribution in [0.15, 0.2) is 41.4 Å². The molecule has 1 atom stereocenters. The van der Waals surface area contributed by atoms with E-state index in [4.69, 9.17) is 4.74 Å². The summed E-state index contributed by atoms with van der Waals surface area (Å²) in [5.41, 5.74) is 0.917. The summed E-state index contributed by atoms with van der Waals surface area (Å²) >= 11 is 0. The zero-order valence-electron chi connectivity index (χ0n) is 15.5. The number of hydrogen-bond donors (Lipinski definition) is 2. The van der Waals surface area contributed by atoms with E-state index in [1.54, 1.807) is 0 Å². The normalized spacial score (nSPS) is 16.6. The van der Waals surface area contributed by atoms with Crippen molar-refractivity contribution in [1.82, 2.24) is 10.3 Å². The molecule has 0 fully saturated rings. The molecule has 1 aromatic heterocycles. The van der Waals surface area contributed by atoms with Crippen molar-refractivity contribution in [3.8, 4) is 11.5 Å². The van der Waals surface area contributed by atoms with Crippen LogP contribution in [0.25, 0.3) is 0 Å². The van der Waals surface area contributed by atoms with Gasteiger partial charge in [-0.2, -0.15) is 0 Å². The molecule has 0 spiro atoms. The first-order valence-electron chi connectivity index (χ1n) is 8.90. The van der Waals surface area contributed by atoms with E-state index in [0.717, 1.165) is 42.9 Å². The summed E-state index contributed by atoms with van der Waals surface area (Å²) in [7, 11) is -4.02. The maximum absolute atomic E-state index is 12.5. The predicted octanol–water partition coefficient (Wildman–Crippen LogP) is 3.08. The van der Waals surface area contributed by atoms with Crippen LogP contribution in [0.5, 0.6) is 11.5 Å². The second kappa shape index (κ2) is 8.46. The van der Waals surface area contributed by atoms with Crippen LogP contribution >= 0.6 is 0 Å². The molecule has 11 heteroatoms. The molecule has 2 N–H and O–H groups in total. The maximum Gasteiger partial charge on any atom is 0.573 e. The third kappa shape index (κ3) is 5.73. The number of aromatic nitrogens is 1. The number of nitrogens with zero attached hydrogens (tertiary/aromatic N) is 1. The molecule has 0 bridgehead atoms. The monoisotopic (exact) mass is 431 g/mol. The third-order valence-corrected chi connectivity index (χ3v) is 5.51. The number of anilines is 1. The lowest BCUT2D eigenvalue weighted by atomic mass is 10.1. The minimum Gasteiger partial charge on any atom is -0.490 e. The second-order valence-corrected chi connectivity index (χ2v) is 8.14. The fraction of sp³-hybridized carbons (Fsp3) is 0.389. The Morgan fingerprint density at radius 1 is 1.28 bits per heavy atom. The van der Waals surface area contributed by atoms with Gasteiger partial charge in [0.15, 0.2) is 0 Å². The number of fused-ring (bicyclic) bond motifs is 1. The van der Waals surface area contributed by atoms with Gasteiger partial charge in [0.1, 0.15) is 18.1 Å². The molecule has 0 aliphatic carbocycles. The van der Waals surface area contributed by atoms with Crippen LogP contribution in [-0.4, -0.2) is 39.0 Å². The van der Waals surface area contributed by atoms with Crippen molar-refractivity contribution in [1.29, 1.82) is 0 Å². The van der Waals surface area contributed by atoms with E-state index in [2.05, 4.69) is 26.7 Å². The fourth-order valence-corrected chi connectivity index (χ4v) is 3.84. The van der Waals surface area contributed by atoms with Crippen molar-refractivity contribution in [3.05, 3.63) is 42.2 Å². The van der Waals surface area contributed by atoms with Crippen LogP contribution < -0.4 is 19.5 Å². The minimum atomic E-state index is -4.85. The van der Waals surface area contributed by atoms with Crippen molar-refractivity contribution in [2.45, 2.75) is 37.1 Å². The smallest absolute Gasteiger partial charge is 0.490 e. The van der Waals surface area contributed by atoms with Crippen LogP contribution in [0, 0.1) is 0 Å². The Balaban J connectivity index is 1.69. The highest BCUT2D eigenvalue weighted by molar-refractivity contribution is 7.92. The number of nitrogens with one attached hydrogen (secondary N) is 2. The van der Waals surface area contributed by atoms with E-state index in [1.807, 2.05) is 0 Å². The Bertz CT molecular complexity index is 950. The van der Waals surface area contributed by atoms with Gasteiger partial charge in [0.2, 0.25) is 0 Å². The van der Waals surface area contributed by atoms with Gasteiger partial charge in [-0.05, 0) is 37.2 Å². The number of hydrogen-bond acceptors (Lipinski definition) is 6.